The molecule has 0 fully saturated rings. The average molecular weight is 250 g/mol. The number of hydrogen-bond donors (Lipinski definition) is 1. The maximum atomic E-state index is 5.42. The van der Waals surface area contributed by atoms with Gasteiger partial charge in [-0.3, -0.25) is 0 Å². The lowest BCUT2D eigenvalue weighted by Crippen LogP contribution is -2.33. The molecule has 1 rings (SSSR count). The largest absolute Gasteiger partial charge is 0.494 e. The summed E-state index contributed by atoms with van der Waals surface area (Å²) in [5.41, 5.74) is 1.30. The molecule has 0 saturated heterocycles. The second kappa shape index (κ2) is 8.11. The third-order valence-corrected chi connectivity index (χ3v) is 3.09. The number of nitrogens with one attached hydrogen (secondary N) is 1. The van der Waals surface area contributed by atoms with Crippen LogP contribution in [0.2, 0.25) is 0 Å². The van der Waals surface area contributed by atoms with Crippen molar-refractivity contribution in [2.45, 2.75) is 33.4 Å². The lowest BCUT2D eigenvalue weighted by atomic mass is 10.2. The Balaban J connectivity index is 2.23. The quantitative estimate of drug-likeness (QED) is 0.718. The number of nitrogens with zero attached hydrogens (tertiary/aromatic N) is 1. The van der Waals surface area contributed by atoms with Gasteiger partial charge in [0.25, 0.3) is 0 Å². The summed E-state index contributed by atoms with van der Waals surface area (Å²) in [6.07, 6.45) is 0. The van der Waals surface area contributed by atoms with Crippen molar-refractivity contribution in [1.82, 2.24) is 10.2 Å². The van der Waals surface area contributed by atoms with Crippen molar-refractivity contribution >= 4 is 0 Å². The summed E-state index contributed by atoms with van der Waals surface area (Å²) in [5, 5.41) is 3.46. The highest BCUT2D eigenvalue weighted by atomic mass is 16.5. The molecule has 1 aromatic carbocycles. The number of rotatable bonds is 8. The van der Waals surface area contributed by atoms with Crippen molar-refractivity contribution in [2.75, 3.05) is 26.7 Å². The van der Waals surface area contributed by atoms with Crippen molar-refractivity contribution < 1.29 is 4.74 Å². The molecule has 0 aliphatic carbocycles. The molecule has 0 aliphatic heterocycles. The molecule has 0 atom stereocenters. The highest BCUT2D eigenvalue weighted by molar-refractivity contribution is 5.27. The van der Waals surface area contributed by atoms with Crippen LogP contribution in [-0.4, -0.2) is 37.7 Å². The van der Waals surface area contributed by atoms with Gasteiger partial charge in [-0.25, -0.2) is 0 Å². The van der Waals surface area contributed by atoms with E-state index >= 15 is 0 Å². The Bertz CT molecular complexity index is 322. The van der Waals surface area contributed by atoms with Crippen molar-refractivity contribution in [1.29, 1.82) is 0 Å². The minimum Gasteiger partial charge on any atom is -0.494 e. The van der Waals surface area contributed by atoms with E-state index in [1.807, 2.05) is 19.1 Å². The van der Waals surface area contributed by atoms with Gasteiger partial charge in [0.2, 0.25) is 0 Å². The normalized spacial score (nSPS) is 11.2. The van der Waals surface area contributed by atoms with Gasteiger partial charge in [-0.05, 0) is 45.5 Å². The van der Waals surface area contributed by atoms with E-state index in [1.54, 1.807) is 0 Å². The molecule has 0 bridgehead atoms. The summed E-state index contributed by atoms with van der Waals surface area (Å²) >= 11 is 0. The second-order valence-electron chi connectivity index (χ2n) is 4.83. The maximum absolute atomic E-state index is 5.42. The summed E-state index contributed by atoms with van der Waals surface area (Å²) in [6.45, 7) is 10.2. The van der Waals surface area contributed by atoms with E-state index < -0.39 is 0 Å². The number of ether oxygens (including phenoxy) is 1. The fourth-order valence-electron chi connectivity index (χ4n) is 1.62. The highest BCUT2D eigenvalue weighted by Crippen LogP contribution is 2.11. The molecule has 0 saturated carbocycles. The number of benzene rings is 1. The van der Waals surface area contributed by atoms with Crippen LogP contribution in [0.4, 0.5) is 0 Å². The van der Waals surface area contributed by atoms with Gasteiger partial charge >= 0.3 is 0 Å². The van der Waals surface area contributed by atoms with E-state index in [9.17, 15) is 0 Å². The van der Waals surface area contributed by atoms with Gasteiger partial charge in [0.1, 0.15) is 5.75 Å². The molecule has 1 N–H and O–H groups in total. The van der Waals surface area contributed by atoms with Gasteiger partial charge in [0.05, 0.1) is 6.61 Å². The molecule has 0 amide bonds. The zero-order valence-corrected chi connectivity index (χ0v) is 12.1. The highest BCUT2D eigenvalue weighted by Gasteiger charge is 2.01. The number of hydrogen-bond acceptors (Lipinski definition) is 3. The fraction of sp³-hybridized carbons (Fsp3) is 0.600. The Kier molecular flexibility index (Phi) is 6.76. The molecule has 18 heavy (non-hydrogen) atoms. The van der Waals surface area contributed by atoms with Crippen molar-refractivity contribution in [2.24, 2.45) is 0 Å². The smallest absolute Gasteiger partial charge is 0.119 e. The zero-order valence-electron chi connectivity index (χ0n) is 12.1. The predicted molar refractivity (Wildman–Crippen MR) is 77.1 cm³/mol. The van der Waals surface area contributed by atoms with Crippen LogP contribution in [0, 0.1) is 0 Å². The third kappa shape index (κ3) is 5.52. The summed E-state index contributed by atoms with van der Waals surface area (Å²) in [6, 6.07) is 8.90. The average Bonchev–Trinajstić information content (AvgIpc) is 2.36. The Hall–Kier alpha value is -1.06. The van der Waals surface area contributed by atoms with E-state index in [2.05, 4.69) is 43.2 Å². The summed E-state index contributed by atoms with van der Waals surface area (Å²) in [4.78, 5) is 2.34. The predicted octanol–water partition coefficient (Wildman–Crippen LogP) is 2.52. The molecule has 0 radical (unpaired) electrons. The second-order valence-corrected chi connectivity index (χ2v) is 4.83. The molecule has 3 heteroatoms. The third-order valence-electron chi connectivity index (χ3n) is 3.09. The molecule has 0 heterocycles. The zero-order chi connectivity index (χ0) is 13.4. The van der Waals surface area contributed by atoms with Crippen LogP contribution in [0.25, 0.3) is 0 Å². The molecule has 1 aromatic rings. The Labute approximate surface area is 111 Å². The van der Waals surface area contributed by atoms with E-state index in [1.165, 1.54) is 5.56 Å². The van der Waals surface area contributed by atoms with Crippen LogP contribution >= 0.6 is 0 Å². The monoisotopic (exact) mass is 250 g/mol. The molecule has 0 unspecified atom stereocenters. The van der Waals surface area contributed by atoms with Crippen molar-refractivity contribution in [3.8, 4) is 5.75 Å². The van der Waals surface area contributed by atoms with Crippen LogP contribution in [0.5, 0.6) is 5.75 Å². The van der Waals surface area contributed by atoms with Crippen LogP contribution in [0.3, 0.4) is 0 Å². The van der Waals surface area contributed by atoms with E-state index in [4.69, 9.17) is 4.74 Å². The first-order valence-electron chi connectivity index (χ1n) is 6.76. The van der Waals surface area contributed by atoms with Crippen molar-refractivity contribution in [3.63, 3.8) is 0 Å². The van der Waals surface area contributed by atoms with Crippen LogP contribution < -0.4 is 10.1 Å². The lowest BCUT2D eigenvalue weighted by Gasteiger charge is -2.20. The van der Waals surface area contributed by atoms with Gasteiger partial charge in [0.15, 0.2) is 0 Å². The van der Waals surface area contributed by atoms with Gasteiger partial charge in [-0.15, -0.1) is 0 Å². The molecule has 0 spiro atoms. The van der Waals surface area contributed by atoms with Crippen LogP contribution in [0.1, 0.15) is 26.3 Å². The summed E-state index contributed by atoms with van der Waals surface area (Å²) in [7, 11) is 2.16. The first-order chi connectivity index (χ1) is 8.63. The SMILES string of the molecule is CCOc1ccc(CNCCN(C)C(C)C)cc1. The van der Waals surface area contributed by atoms with Crippen LogP contribution in [0.15, 0.2) is 24.3 Å². The lowest BCUT2D eigenvalue weighted by molar-refractivity contribution is 0.273. The summed E-state index contributed by atoms with van der Waals surface area (Å²) < 4.78 is 5.42. The molecule has 0 aromatic heterocycles. The summed E-state index contributed by atoms with van der Waals surface area (Å²) in [5.74, 6) is 0.945. The van der Waals surface area contributed by atoms with Crippen LogP contribution in [-0.2, 0) is 6.54 Å². The number of likely N-dealkylation sites (N-methyl/N-ethyl adjacent to an activating group) is 1. The molecule has 102 valence electrons. The van der Waals surface area contributed by atoms with Gasteiger partial charge in [0, 0.05) is 25.7 Å². The molecule has 0 aliphatic rings. The van der Waals surface area contributed by atoms with E-state index in [0.717, 1.165) is 32.0 Å². The van der Waals surface area contributed by atoms with Crippen molar-refractivity contribution in [3.05, 3.63) is 29.8 Å². The van der Waals surface area contributed by atoms with E-state index in [-0.39, 0.29) is 0 Å². The first kappa shape index (κ1) is 15.0. The first-order valence-corrected chi connectivity index (χ1v) is 6.76. The Morgan fingerprint density at radius 1 is 1.22 bits per heavy atom. The van der Waals surface area contributed by atoms with E-state index in [0.29, 0.717) is 6.04 Å². The van der Waals surface area contributed by atoms with Gasteiger partial charge < -0.3 is 15.0 Å². The molecular weight excluding hydrogens is 224 g/mol. The standard InChI is InChI=1S/C15H26N2O/c1-5-18-15-8-6-14(7-9-15)12-16-10-11-17(4)13(2)3/h6-9,13,16H,5,10-12H2,1-4H3. The minimum atomic E-state index is 0.609. The Morgan fingerprint density at radius 2 is 1.89 bits per heavy atom. The topological polar surface area (TPSA) is 24.5 Å². The fourth-order valence-corrected chi connectivity index (χ4v) is 1.62. The Morgan fingerprint density at radius 3 is 2.44 bits per heavy atom. The minimum absolute atomic E-state index is 0.609. The maximum Gasteiger partial charge on any atom is 0.119 e. The molecular formula is C15H26N2O. The molecule has 3 nitrogen and oxygen atoms in total. The van der Waals surface area contributed by atoms with Gasteiger partial charge in [-0.1, -0.05) is 12.1 Å². The van der Waals surface area contributed by atoms with Gasteiger partial charge in [-0.2, -0.15) is 0 Å².